The number of benzene rings is 1. The highest BCUT2D eigenvalue weighted by atomic mass is 127. The minimum absolute atomic E-state index is 0.190. The Balaban J connectivity index is 3.14. The Hall–Kier alpha value is 0.290. The van der Waals surface area contributed by atoms with Gasteiger partial charge in [-0.15, -0.1) is 0 Å². The molecule has 0 saturated heterocycles. The van der Waals surface area contributed by atoms with Gasteiger partial charge in [0.2, 0.25) is 0 Å². The van der Waals surface area contributed by atoms with E-state index in [4.69, 9.17) is 0 Å². The molecule has 1 aromatic rings. The molecule has 3 nitrogen and oxygen atoms in total. The maximum absolute atomic E-state index is 12.1. The summed E-state index contributed by atoms with van der Waals surface area (Å²) < 4.78 is 2.98. The maximum Gasteiger partial charge on any atom is 0.257 e. The van der Waals surface area contributed by atoms with Crippen LogP contribution >= 0.6 is 67.8 Å². The molecule has 0 fully saturated rings. The van der Waals surface area contributed by atoms with Crippen LogP contribution in [0.3, 0.4) is 0 Å². The summed E-state index contributed by atoms with van der Waals surface area (Å²) in [6.07, 6.45) is 2.13. The van der Waals surface area contributed by atoms with Crippen molar-refractivity contribution in [1.29, 1.82) is 0 Å². The molecular formula is C12H10I3NO2. The van der Waals surface area contributed by atoms with Crippen LogP contribution in [0, 0.1) is 17.6 Å². The van der Waals surface area contributed by atoms with Gasteiger partial charge in [0, 0.05) is 22.5 Å². The first-order valence-corrected chi connectivity index (χ1v) is 8.19. The van der Waals surface area contributed by atoms with Gasteiger partial charge in [-0.1, -0.05) is 0 Å². The van der Waals surface area contributed by atoms with E-state index in [2.05, 4.69) is 73.1 Å². The van der Waals surface area contributed by atoms with E-state index in [0.29, 0.717) is 17.4 Å². The van der Waals surface area contributed by atoms with E-state index < -0.39 is 0 Å². The van der Waals surface area contributed by atoms with Crippen LogP contribution in [0.25, 0.3) is 0 Å². The van der Waals surface area contributed by atoms with Crippen LogP contribution in [-0.2, 0) is 4.79 Å². The fourth-order valence-electron chi connectivity index (χ4n) is 1.18. The average Bonchev–Trinajstić information content (AvgIpc) is 2.33. The molecule has 0 heterocycles. The Morgan fingerprint density at radius 3 is 2.44 bits per heavy atom. The lowest BCUT2D eigenvalue weighted by Gasteiger charge is -2.11. The fourth-order valence-corrected chi connectivity index (χ4v) is 5.04. The first-order chi connectivity index (χ1) is 8.38. The van der Waals surface area contributed by atoms with Crippen molar-refractivity contribution in [2.24, 2.45) is 0 Å². The van der Waals surface area contributed by atoms with Gasteiger partial charge < -0.3 is 5.32 Å². The van der Waals surface area contributed by atoms with Crippen molar-refractivity contribution in [2.45, 2.75) is 13.8 Å². The Morgan fingerprint density at radius 1 is 1.28 bits per heavy atom. The Morgan fingerprint density at radius 2 is 1.89 bits per heavy atom. The molecule has 1 amide bonds. The molecule has 1 rings (SSSR count). The van der Waals surface area contributed by atoms with Crippen LogP contribution < -0.4 is 5.32 Å². The van der Waals surface area contributed by atoms with Crippen molar-refractivity contribution in [3.63, 3.8) is 0 Å². The highest BCUT2D eigenvalue weighted by Gasteiger charge is 2.17. The van der Waals surface area contributed by atoms with Gasteiger partial charge in [0.1, 0.15) is 6.29 Å². The smallest absolute Gasteiger partial charge is 0.257 e. The molecule has 0 spiro atoms. The third-order valence-corrected chi connectivity index (χ3v) is 5.56. The lowest BCUT2D eigenvalue weighted by molar-refractivity contribution is -0.104. The van der Waals surface area contributed by atoms with Crippen molar-refractivity contribution in [3.8, 4) is 0 Å². The number of aldehydes is 1. The van der Waals surface area contributed by atoms with Crippen LogP contribution in [-0.4, -0.2) is 12.2 Å². The van der Waals surface area contributed by atoms with Gasteiger partial charge >= 0.3 is 0 Å². The Bertz CT molecular complexity index is 539. The van der Waals surface area contributed by atoms with E-state index in [1.54, 1.807) is 6.92 Å². The normalized spacial score (nSPS) is 11.3. The van der Waals surface area contributed by atoms with Crippen molar-refractivity contribution in [1.82, 2.24) is 5.32 Å². The van der Waals surface area contributed by atoms with Gasteiger partial charge in [0.05, 0.1) is 5.56 Å². The summed E-state index contributed by atoms with van der Waals surface area (Å²) in [6.45, 7) is 3.63. The molecule has 6 heteroatoms. The predicted octanol–water partition coefficient (Wildman–Crippen LogP) is 3.64. The van der Waals surface area contributed by atoms with Crippen molar-refractivity contribution >= 4 is 80.0 Å². The highest BCUT2D eigenvalue weighted by Crippen LogP contribution is 2.26. The van der Waals surface area contributed by atoms with Crippen LogP contribution in [0.4, 0.5) is 0 Å². The number of amides is 1. The lowest BCUT2D eigenvalue weighted by Crippen LogP contribution is -2.21. The molecule has 96 valence electrons. The molecule has 0 aliphatic carbocycles. The standard InChI is InChI=1S/C12H10I3NO2/c1-6(5-17)4-16-12(18)10-9(14)3-8(13)7(2)11(10)15/h3-5H,1-2H3,(H,16,18)/b6-4-. The SMILES string of the molecule is C/C(C=O)=C/NC(=O)c1c(I)cc(I)c(C)c1I. The molecule has 0 bridgehead atoms. The summed E-state index contributed by atoms with van der Waals surface area (Å²) in [5.41, 5.74) is 2.23. The number of nitrogens with one attached hydrogen (secondary N) is 1. The van der Waals surface area contributed by atoms with Crippen molar-refractivity contribution < 1.29 is 9.59 Å². The number of hydrogen-bond donors (Lipinski definition) is 1. The van der Waals surface area contributed by atoms with Crippen LogP contribution in [0.1, 0.15) is 22.8 Å². The number of carbonyl (C=O) groups is 2. The summed E-state index contributed by atoms with van der Waals surface area (Å²) >= 11 is 6.58. The number of halogens is 3. The molecule has 0 aliphatic heterocycles. The van der Waals surface area contributed by atoms with Gasteiger partial charge in [0.25, 0.3) is 5.91 Å². The fraction of sp³-hybridized carbons (Fsp3) is 0.167. The Kier molecular flexibility index (Phi) is 6.51. The van der Waals surface area contributed by atoms with Crippen LogP contribution in [0.2, 0.25) is 0 Å². The summed E-state index contributed by atoms with van der Waals surface area (Å²) in [4.78, 5) is 22.5. The average molecular weight is 581 g/mol. The van der Waals surface area contributed by atoms with Crippen LogP contribution in [0.5, 0.6) is 0 Å². The molecule has 0 unspecified atom stereocenters. The number of carbonyl (C=O) groups excluding carboxylic acids is 2. The van der Waals surface area contributed by atoms with E-state index in [-0.39, 0.29) is 5.91 Å². The summed E-state index contributed by atoms with van der Waals surface area (Å²) in [5, 5.41) is 2.63. The molecular weight excluding hydrogens is 571 g/mol. The number of allylic oxidation sites excluding steroid dienone is 1. The van der Waals surface area contributed by atoms with E-state index in [1.165, 1.54) is 6.20 Å². The van der Waals surface area contributed by atoms with E-state index in [9.17, 15) is 9.59 Å². The predicted molar refractivity (Wildman–Crippen MR) is 96.6 cm³/mol. The molecule has 0 radical (unpaired) electrons. The van der Waals surface area contributed by atoms with Gasteiger partial charge in [-0.05, 0) is 93.2 Å². The highest BCUT2D eigenvalue weighted by molar-refractivity contribution is 14.1. The minimum atomic E-state index is -0.190. The van der Waals surface area contributed by atoms with Gasteiger partial charge in [-0.3, -0.25) is 9.59 Å². The largest absolute Gasteiger partial charge is 0.328 e. The van der Waals surface area contributed by atoms with E-state index >= 15 is 0 Å². The molecule has 0 atom stereocenters. The summed E-state index contributed by atoms with van der Waals surface area (Å²) in [6, 6.07) is 1.98. The van der Waals surface area contributed by atoms with Gasteiger partial charge in [0.15, 0.2) is 0 Å². The van der Waals surface area contributed by atoms with E-state index in [1.807, 2.05) is 13.0 Å². The quantitative estimate of drug-likeness (QED) is 0.337. The van der Waals surface area contributed by atoms with Crippen LogP contribution in [0.15, 0.2) is 17.8 Å². The lowest BCUT2D eigenvalue weighted by atomic mass is 10.1. The zero-order valence-electron chi connectivity index (χ0n) is 9.68. The van der Waals surface area contributed by atoms with Gasteiger partial charge in [-0.2, -0.15) is 0 Å². The molecule has 18 heavy (non-hydrogen) atoms. The second kappa shape index (κ2) is 7.17. The second-order valence-electron chi connectivity index (χ2n) is 3.63. The van der Waals surface area contributed by atoms with Crippen molar-refractivity contribution in [3.05, 3.63) is 39.7 Å². The molecule has 1 N–H and O–H groups in total. The molecule has 0 aliphatic rings. The first-order valence-electron chi connectivity index (χ1n) is 4.95. The third-order valence-electron chi connectivity index (χ3n) is 2.24. The molecule has 1 aromatic carbocycles. The monoisotopic (exact) mass is 581 g/mol. The molecule has 0 aromatic heterocycles. The van der Waals surface area contributed by atoms with Gasteiger partial charge in [-0.25, -0.2) is 0 Å². The number of rotatable bonds is 3. The number of hydrogen-bond acceptors (Lipinski definition) is 2. The second-order valence-corrected chi connectivity index (χ2v) is 7.04. The van der Waals surface area contributed by atoms with E-state index in [0.717, 1.165) is 16.3 Å². The minimum Gasteiger partial charge on any atom is -0.328 e. The third kappa shape index (κ3) is 3.89. The maximum atomic E-state index is 12.1. The topological polar surface area (TPSA) is 46.2 Å². The summed E-state index contributed by atoms with van der Waals surface area (Å²) in [5.74, 6) is -0.190. The van der Waals surface area contributed by atoms with Crippen molar-refractivity contribution in [2.75, 3.05) is 0 Å². The zero-order valence-corrected chi connectivity index (χ0v) is 16.2. The molecule has 0 saturated carbocycles. The zero-order chi connectivity index (χ0) is 13.9. The summed E-state index contributed by atoms with van der Waals surface area (Å²) in [7, 11) is 0. The Labute approximate surface area is 147 Å². The first kappa shape index (κ1) is 16.3.